The third-order valence-corrected chi connectivity index (χ3v) is 3.21. The summed E-state index contributed by atoms with van der Waals surface area (Å²) in [6, 6.07) is 4.64. The molecule has 10 heteroatoms. The number of nitrogens with zero attached hydrogens (tertiary/aromatic N) is 1. The van der Waals surface area contributed by atoms with E-state index in [-0.39, 0.29) is 37.5 Å². The Kier molecular flexibility index (Phi) is 9.07. The normalized spacial score (nSPS) is 11.6. The highest BCUT2D eigenvalue weighted by Gasteiger charge is 2.16. The number of nitro groups is 1. The third-order valence-electron chi connectivity index (χ3n) is 3.21. The molecule has 0 heterocycles. The predicted octanol–water partition coefficient (Wildman–Crippen LogP) is 0.989. The topological polar surface area (TPSA) is 140 Å². The van der Waals surface area contributed by atoms with E-state index >= 15 is 0 Å². The van der Waals surface area contributed by atoms with E-state index in [1.54, 1.807) is 0 Å². The summed E-state index contributed by atoms with van der Waals surface area (Å²) in [6.45, 7) is 2.44. The number of ether oxygens (including phenoxy) is 2. The lowest BCUT2D eigenvalue weighted by Gasteiger charge is -2.18. The standard InChI is InChI=1S/C15H21N3O7/c1-2-24-10-25-9-12(5-8-14(19)17-21)16-15(20)11-3-6-13(7-4-11)18(22)23/h3-4,6-7,12,21H,2,5,8-10H2,1H3,(H,16,20)(H,17,19)/t12-/m0/s1. The lowest BCUT2D eigenvalue weighted by molar-refractivity contribution is -0.384. The van der Waals surface area contributed by atoms with Gasteiger partial charge in [0.1, 0.15) is 6.79 Å². The van der Waals surface area contributed by atoms with Crippen LogP contribution in [0.5, 0.6) is 0 Å². The van der Waals surface area contributed by atoms with Crippen LogP contribution < -0.4 is 10.8 Å². The molecule has 0 aliphatic heterocycles. The van der Waals surface area contributed by atoms with Crippen molar-refractivity contribution in [3.8, 4) is 0 Å². The highest BCUT2D eigenvalue weighted by atomic mass is 16.7. The number of hydrogen-bond acceptors (Lipinski definition) is 7. The van der Waals surface area contributed by atoms with Crippen molar-refractivity contribution in [2.45, 2.75) is 25.8 Å². The van der Waals surface area contributed by atoms with Gasteiger partial charge in [0.05, 0.1) is 17.6 Å². The molecule has 0 aliphatic carbocycles. The van der Waals surface area contributed by atoms with Crippen LogP contribution in [0.25, 0.3) is 0 Å². The van der Waals surface area contributed by atoms with Crippen LogP contribution in [0.4, 0.5) is 5.69 Å². The Morgan fingerprint density at radius 3 is 2.52 bits per heavy atom. The van der Waals surface area contributed by atoms with Gasteiger partial charge >= 0.3 is 0 Å². The van der Waals surface area contributed by atoms with Gasteiger partial charge in [0.25, 0.3) is 11.6 Å². The minimum atomic E-state index is -0.584. The first-order valence-electron chi connectivity index (χ1n) is 7.61. The first-order valence-corrected chi connectivity index (χ1v) is 7.61. The van der Waals surface area contributed by atoms with Crippen LogP contribution >= 0.6 is 0 Å². The lowest BCUT2D eigenvalue weighted by Crippen LogP contribution is -2.39. The first-order chi connectivity index (χ1) is 12.0. The molecule has 1 aromatic rings. The van der Waals surface area contributed by atoms with Crippen molar-refractivity contribution in [3.05, 3.63) is 39.9 Å². The van der Waals surface area contributed by atoms with E-state index < -0.39 is 22.8 Å². The average Bonchev–Trinajstić information content (AvgIpc) is 2.62. The number of nitrogens with one attached hydrogen (secondary N) is 2. The molecule has 0 radical (unpaired) electrons. The second-order valence-corrected chi connectivity index (χ2v) is 5.03. The molecule has 0 saturated heterocycles. The summed E-state index contributed by atoms with van der Waals surface area (Å²) in [5.74, 6) is -1.04. The fourth-order valence-electron chi connectivity index (χ4n) is 1.89. The van der Waals surface area contributed by atoms with Gasteiger partial charge in [-0.2, -0.15) is 0 Å². The Bertz CT molecular complexity index is 577. The van der Waals surface area contributed by atoms with Gasteiger partial charge in [-0.1, -0.05) is 0 Å². The summed E-state index contributed by atoms with van der Waals surface area (Å²) in [4.78, 5) is 33.4. The van der Waals surface area contributed by atoms with Crippen molar-refractivity contribution >= 4 is 17.5 Å². The molecule has 25 heavy (non-hydrogen) atoms. The highest BCUT2D eigenvalue weighted by molar-refractivity contribution is 5.94. The van der Waals surface area contributed by atoms with Crippen LogP contribution in [0.2, 0.25) is 0 Å². The molecule has 0 fully saturated rings. The van der Waals surface area contributed by atoms with Gasteiger partial charge in [0, 0.05) is 30.7 Å². The molecule has 0 aromatic heterocycles. The molecule has 1 aromatic carbocycles. The molecule has 10 nitrogen and oxygen atoms in total. The van der Waals surface area contributed by atoms with E-state index in [4.69, 9.17) is 14.7 Å². The maximum absolute atomic E-state index is 12.2. The van der Waals surface area contributed by atoms with Crippen molar-refractivity contribution in [1.82, 2.24) is 10.8 Å². The Balaban J connectivity index is 2.64. The van der Waals surface area contributed by atoms with Crippen LogP contribution in [0.3, 0.4) is 0 Å². The smallest absolute Gasteiger partial charge is 0.269 e. The average molecular weight is 355 g/mol. The quantitative estimate of drug-likeness (QED) is 0.177. The molecule has 1 rings (SSSR count). The van der Waals surface area contributed by atoms with Crippen molar-refractivity contribution in [2.24, 2.45) is 0 Å². The van der Waals surface area contributed by atoms with Gasteiger partial charge in [-0.05, 0) is 25.5 Å². The molecule has 0 spiro atoms. The Morgan fingerprint density at radius 1 is 1.28 bits per heavy atom. The van der Waals surface area contributed by atoms with Crippen molar-refractivity contribution in [1.29, 1.82) is 0 Å². The minimum absolute atomic E-state index is 0.0142. The molecule has 0 bridgehead atoms. The monoisotopic (exact) mass is 355 g/mol. The summed E-state index contributed by atoms with van der Waals surface area (Å²) < 4.78 is 10.3. The second kappa shape index (κ2) is 11.1. The SMILES string of the molecule is CCOCOC[C@H](CCC(=O)NO)NC(=O)c1ccc([N+](=O)[O-])cc1. The molecule has 0 aliphatic rings. The zero-order valence-electron chi connectivity index (χ0n) is 13.8. The second-order valence-electron chi connectivity index (χ2n) is 5.03. The molecular formula is C15H21N3O7. The molecule has 138 valence electrons. The lowest BCUT2D eigenvalue weighted by atomic mass is 10.1. The predicted molar refractivity (Wildman–Crippen MR) is 86.0 cm³/mol. The van der Waals surface area contributed by atoms with E-state index in [1.807, 2.05) is 6.92 Å². The number of amides is 2. The van der Waals surface area contributed by atoms with E-state index in [0.29, 0.717) is 6.61 Å². The molecular weight excluding hydrogens is 334 g/mol. The number of non-ortho nitro benzene ring substituents is 1. The van der Waals surface area contributed by atoms with Crippen LogP contribution in [0.1, 0.15) is 30.1 Å². The number of carbonyl (C=O) groups excluding carboxylic acids is 2. The zero-order valence-corrected chi connectivity index (χ0v) is 13.8. The number of hydroxylamine groups is 1. The Labute approximate surface area is 144 Å². The fourth-order valence-corrected chi connectivity index (χ4v) is 1.89. The molecule has 0 saturated carbocycles. The van der Waals surface area contributed by atoms with Gasteiger partial charge in [0.15, 0.2) is 0 Å². The first kappa shape index (κ1) is 20.5. The van der Waals surface area contributed by atoms with Gasteiger partial charge in [-0.3, -0.25) is 24.9 Å². The van der Waals surface area contributed by atoms with Gasteiger partial charge < -0.3 is 14.8 Å². The van der Waals surface area contributed by atoms with E-state index in [9.17, 15) is 19.7 Å². The molecule has 0 unspecified atom stereocenters. The van der Waals surface area contributed by atoms with Gasteiger partial charge in [-0.15, -0.1) is 0 Å². The van der Waals surface area contributed by atoms with Crippen LogP contribution in [-0.2, 0) is 14.3 Å². The van der Waals surface area contributed by atoms with Crippen molar-refractivity contribution in [3.63, 3.8) is 0 Å². The summed E-state index contributed by atoms with van der Waals surface area (Å²) in [5, 5.41) is 21.8. The van der Waals surface area contributed by atoms with E-state index in [1.165, 1.54) is 29.7 Å². The number of hydrogen-bond donors (Lipinski definition) is 3. The number of carbonyl (C=O) groups is 2. The number of nitro benzene ring substituents is 1. The van der Waals surface area contributed by atoms with Crippen molar-refractivity contribution < 1.29 is 29.2 Å². The Hall–Kier alpha value is -2.56. The Morgan fingerprint density at radius 2 is 1.96 bits per heavy atom. The highest BCUT2D eigenvalue weighted by Crippen LogP contribution is 2.12. The van der Waals surface area contributed by atoms with E-state index in [0.717, 1.165) is 0 Å². The third kappa shape index (κ3) is 7.70. The van der Waals surface area contributed by atoms with Crippen LogP contribution in [-0.4, -0.2) is 48.0 Å². The van der Waals surface area contributed by atoms with Crippen molar-refractivity contribution in [2.75, 3.05) is 20.0 Å². The van der Waals surface area contributed by atoms with Gasteiger partial charge in [0.2, 0.25) is 5.91 Å². The minimum Gasteiger partial charge on any atom is -0.356 e. The van der Waals surface area contributed by atoms with Crippen LogP contribution in [0, 0.1) is 10.1 Å². The maximum atomic E-state index is 12.2. The van der Waals surface area contributed by atoms with Crippen LogP contribution in [0.15, 0.2) is 24.3 Å². The van der Waals surface area contributed by atoms with Gasteiger partial charge in [-0.25, -0.2) is 5.48 Å². The fraction of sp³-hybridized carbons (Fsp3) is 0.467. The summed E-state index contributed by atoms with van der Waals surface area (Å²) >= 11 is 0. The maximum Gasteiger partial charge on any atom is 0.269 e. The number of benzene rings is 1. The summed E-state index contributed by atoms with van der Waals surface area (Å²) in [5.41, 5.74) is 1.64. The number of rotatable bonds is 11. The summed E-state index contributed by atoms with van der Waals surface area (Å²) in [7, 11) is 0. The van der Waals surface area contributed by atoms with E-state index in [2.05, 4.69) is 5.32 Å². The summed E-state index contributed by atoms with van der Waals surface area (Å²) in [6.07, 6.45) is 0.219. The molecule has 2 amide bonds. The molecule has 3 N–H and O–H groups in total. The molecule has 1 atom stereocenters. The zero-order chi connectivity index (χ0) is 18.7. The largest absolute Gasteiger partial charge is 0.356 e.